The molecular weight excluding hydrogens is 285 g/mol. The molecule has 0 spiro atoms. The number of halogens is 2. The third-order valence-electron chi connectivity index (χ3n) is 2.22. The van der Waals surface area contributed by atoms with Gasteiger partial charge in [-0.15, -0.1) is 0 Å². The predicted octanol–water partition coefficient (Wildman–Crippen LogP) is 2.04. The van der Waals surface area contributed by atoms with Gasteiger partial charge < -0.3 is 5.11 Å². The number of sulfonamides is 1. The highest BCUT2D eigenvalue weighted by Crippen LogP contribution is 2.25. The Hall–Kier alpha value is -0.330. The summed E-state index contributed by atoms with van der Waals surface area (Å²) in [5, 5.41) is 9.39. The molecule has 0 saturated carbocycles. The molecule has 0 aromatic heterocycles. The van der Waals surface area contributed by atoms with Crippen molar-refractivity contribution in [2.24, 2.45) is 0 Å². The lowest BCUT2D eigenvalue weighted by molar-refractivity contribution is 0.254. The van der Waals surface area contributed by atoms with Crippen LogP contribution in [-0.4, -0.2) is 26.2 Å². The van der Waals surface area contributed by atoms with Crippen LogP contribution in [0.3, 0.4) is 0 Å². The second-order valence-electron chi connectivity index (χ2n) is 3.48. The highest BCUT2D eigenvalue weighted by molar-refractivity contribution is 7.89. The van der Waals surface area contributed by atoms with Gasteiger partial charge in [0.05, 0.1) is 11.6 Å². The van der Waals surface area contributed by atoms with E-state index in [0.717, 1.165) is 0 Å². The predicted molar refractivity (Wildman–Crippen MR) is 67.9 cm³/mol. The largest absolute Gasteiger partial charge is 0.395 e. The lowest BCUT2D eigenvalue weighted by Crippen LogP contribution is -2.37. The van der Waals surface area contributed by atoms with Crippen LogP contribution in [0.4, 0.5) is 0 Å². The summed E-state index contributed by atoms with van der Waals surface area (Å²) >= 11 is 11.5. The fourth-order valence-corrected chi connectivity index (χ4v) is 3.31. The minimum Gasteiger partial charge on any atom is -0.395 e. The molecule has 1 atom stereocenters. The van der Waals surface area contributed by atoms with Crippen LogP contribution in [0.25, 0.3) is 0 Å². The van der Waals surface area contributed by atoms with Crippen molar-refractivity contribution in [3.63, 3.8) is 0 Å². The molecule has 0 fully saturated rings. The van der Waals surface area contributed by atoms with Crippen LogP contribution in [0.15, 0.2) is 23.1 Å². The van der Waals surface area contributed by atoms with Crippen molar-refractivity contribution in [1.82, 2.24) is 4.72 Å². The lowest BCUT2D eigenvalue weighted by atomic mass is 10.3. The number of hydrogen-bond donors (Lipinski definition) is 2. The fraction of sp³-hybridized carbons (Fsp3) is 0.400. The van der Waals surface area contributed by atoms with Gasteiger partial charge in [0, 0.05) is 11.1 Å². The van der Waals surface area contributed by atoms with Crippen molar-refractivity contribution in [1.29, 1.82) is 0 Å². The number of hydrogen-bond acceptors (Lipinski definition) is 3. The van der Waals surface area contributed by atoms with E-state index in [4.69, 9.17) is 28.3 Å². The summed E-state index contributed by atoms with van der Waals surface area (Å²) in [4.78, 5) is -0.0459. The Labute approximate surface area is 111 Å². The summed E-state index contributed by atoms with van der Waals surface area (Å²) in [5.41, 5.74) is 0. The number of rotatable bonds is 5. The minimum atomic E-state index is -3.73. The maximum atomic E-state index is 11.9. The monoisotopic (exact) mass is 297 g/mol. The average Bonchev–Trinajstić information content (AvgIpc) is 2.25. The Morgan fingerprint density at radius 3 is 2.53 bits per heavy atom. The van der Waals surface area contributed by atoms with Crippen LogP contribution in [0.1, 0.15) is 13.3 Å². The molecule has 17 heavy (non-hydrogen) atoms. The van der Waals surface area contributed by atoms with Crippen molar-refractivity contribution in [2.45, 2.75) is 24.3 Å². The second kappa shape index (κ2) is 6.02. The smallest absolute Gasteiger partial charge is 0.242 e. The Bertz CT molecular complexity index is 486. The summed E-state index contributed by atoms with van der Waals surface area (Å²) in [6.45, 7) is 1.51. The summed E-state index contributed by atoms with van der Waals surface area (Å²) < 4.78 is 26.2. The molecule has 2 N–H and O–H groups in total. The molecule has 0 radical (unpaired) electrons. The van der Waals surface area contributed by atoms with Crippen LogP contribution in [0.5, 0.6) is 0 Å². The lowest BCUT2D eigenvalue weighted by Gasteiger charge is -2.15. The van der Waals surface area contributed by atoms with Gasteiger partial charge in [0.15, 0.2) is 0 Å². The molecule has 1 rings (SSSR count). The molecular formula is C10H13Cl2NO3S. The Morgan fingerprint density at radius 2 is 2.06 bits per heavy atom. The van der Waals surface area contributed by atoms with Crippen molar-refractivity contribution >= 4 is 33.2 Å². The van der Waals surface area contributed by atoms with Crippen molar-refractivity contribution in [3.8, 4) is 0 Å². The SMILES string of the molecule is CC[C@H](CO)NS(=O)(=O)c1ccc(Cl)cc1Cl. The third kappa shape index (κ3) is 3.82. The van der Waals surface area contributed by atoms with E-state index in [9.17, 15) is 8.42 Å². The van der Waals surface area contributed by atoms with Gasteiger partial charge in [0.1, 0.15) is 4.90 Å². The Balaban J connectivity index is 3.05. The maximum absolute atomic E-state index is 11.9. The number of nitrogens with one attached hydrogen (secondary N) is 1. The van der Waals surface area contributed by atoms with Crippen LogP contribution in [-0.2, 0) is 10.0 Å². The molecule has 96 valence electrons. The zero-order valence-electron chi connectivity index (χ0n) is 9.15. The van der Waals surface area contributed by atoms with E-state index < -0.39 is 16.1 Å². The molecule has 1 aromatic rings. The number of aliphatic hydroxyl groups is 1. The molecule has 0 bridgehead atoms. The third-order valence-corrected chi connectivity index (χ3v) is 4.46. The van der Waals surface area contributed by atoms with Gasteiger partial charge in [-0.1, -0.05) is 30.1 Å². The van der Waals surface area contributed by atoms with Crippen LogP contribution >= 0.6 is 23.2 Å². The Morgan fingerprint density at radius 1 is 1.41 bits per heavy atom. The normalized spacial score (nSPS) is 13.6. The molecule has 0 amide bonds. The van der Waals surface area contributed by atoms with Crippen LogP contribution < -0.4 is 4.72 Å². The molecule has 0 aliphatic carbocycles. The first kappa shape index (κ1) is 14.7. The number of benzene rings is 1. The first-order valence-corrected chi connectivity index (χ1v) is 7.23. The van der Waals surface area contributed by atoms with Crippen LogP contribution in [0, 0.1) is 0 Å². The quantitative estimate of drug-likeness (QED) is 0.874. The summed E-state index contributed by atoms with van der Waals surface area (Å²) in [6.07, 6.45) is 0.487. The van der Waals surface area contributed by atoms with Gasteiger partial charge >= 0.3 is 0 Å². The van der Waals surface area contributed by atoms with Gasteiger partial charge in [-0.3, -0.25) is 0 Å². The van der Waals surface area contributed by atoms with Gasteiger partial charge in [0.25, 0.3) is 0 Å². The molecule has 0 heterocycles. The fourth-order valence-electron chi connectivity index (χ4n) is 1.23. The number of aliphatic hydroxyl groups excluding tert-OH is 1. The van der Waals surface area contributed by atoms with E-state index in [0.29, 0.717) is 11.4 Å². The van der Waals surface area contributed by atoms with E-state index in [1.54, 1.807) is 6.92 Å². The molecule has 4 nitrogen and oxygen atoms in total. The standard InChI is InChI=1S/C10H13Cl2NO3S/c1-2-8(6-14)13-17(15,16)10-4-3-7(11)5-9(10)12/h3-5,8,13-14H,2,6H2,1H3/t8-/m1/s1. The molecule has 0 aliphatic heterocycles. The molecule has 0 unspecified atom stereocenters. The van der Waals surface area contributed by atoms with E-state index in [2.05, 4.69) is 4.72 Å². The van der Waals surface area contributed by atoms with E-state index in [1.807, 2.05) is 0 Å². The van der Waals surface area contributed by atoms with Gasteiger partial charge in [-0.2, -0.15) is 0 Å². The zero-order valence-corrected chi connectivity index (χ0v) is 11.5. The first-order chi connectivity index (χ1) is 7.90. The summed E-state index contributed by atoms with van der Waals surface area (Å²) in [7, 11) is -3.73. The highest BCUT2D eigenvalue weighted by atomic mass is 35.5. The van der Waals surface area contributed by atoms with E-state index in [-0.39, 0.29) is 16.5 Å². The molecule has 0 aliphatic rings. The maximum Gasteiger partial charge on any atom is 0.242 e. The second-order valence-corrected chi connectivity index (χ2v) is 6.01. The molecule has 0 saturated heterocycles. The van der Waals surface area contributed by atoms with Crippen LogP contribution in [0.2, 0.25) is 10.0 Å². The van der Waals surface area contributed by atoms with E-state index >= 15 is 0 Å². The first-order valence-electron chi connectivity index (χ1n) is 4.99. The average molecular weight is 298 g/mol. The van der Waals surface area contributed by atoms with Gasteiger partial charge in [-0.25, -0.2) is 13.1 Å². The van der Waals surface area contributed by atoms with E-state index in [1.165, 1.54) is 18.2 Å². The molecule has 7 heteroatoms. The zero-order chi connectivity index (χ0) is 13.1. The molecule has 1 aromatic carbocycles. The summed E-state index contributed by atoms with van der Waals surface area (Å²) in [6, 6.07) is 3.61. The van der Waals surface area contributed by atoms with Gasteiger partial charge in [0.2, 0.25) is 10.0 Å². The minimum absolute atomic E-state index is 0.0459. The van der Waals surface area contributed by atoms with Crippen molar-refractivity contribution in [2.75, 3.05) is 6.61 Å². The van der Waals surface area contributed by atoms with Crippen molar-refractivity contribution < 1.29 is 13.5 Å². The topological polar surface area (TPSA) is 66.4 Å². The van der Waals surface area contributed by atoms with Crippen molar-refractivity contribution in [3.05, 3.63) is 28.2 Å². The highest BCUT2D eigenvalue weighted by Gasteiger charge is 2.21. The Kier molecular flexibility index (Phi) is 5.22. The summed E-state index contributed by atoms with van der Waals surface area (Å²) in [5.74, 6) is 0. The van der Waals surface area contributed by atoms with Gasteiger partial charge in [-0.05, 0) is 24.6 Å².